The molecule has 3 aromatic rings. The Morgan fingerprint density at radius 1 is 1.06 bits per heavy atom. The van der Waals surface area contributed by atoms with Crippen LogP contribution < -0.4 is 4.90 Å². The van der Waals surface area contributed by atoms with Gasteiger partial charge >= 0.3 is 0 Å². The molecule has 32 heavy (non-hydrogen) atoms. The average Bonchev–Trinajstić information content (AvgIpc) is 2.73. The van der Waals surface area contributed by atoms with E-state index in [2.05, 4.69) is 19.9 Å². The van der Waals surface area contributed by atoms with Crippen molar-refractivity contribution in [2.24, 2.45) is 5.92 Å². The van der Waals surface area contributed by atoms with Crippen LogP contribution >= 0.6 is 0 Å². The summed E-state index contributed by atoms with van der Waals surface area (Å²) in [7, 11) is 0. The van der Waals surface area contributed by atoms with E-state index in [1.807, 2.05) is 32.9 Å². The van der Waals surface area contributed by atoms with Crippen LogP contribution in [0.5, 0.6) is 0 Å². The number of alkyl halides is 2. The van der Waals surface area contributed by atoms with Gasteiger partial charge in [-0.1, -0.05) is 0 Å². The molecule has 1 atom stereocenters. The summed E-state index contributed by atoms with van der Waals surface area (Å²) in [4.78, 5) is 25.3. The Hall–Kier alpha value is -2.81. The summed E-state index contributed by atoms with van der Waals surface area (Å²) in [6, 6.07) is 3.99. The molecule has 1 aliphatic carbocycles. The largest absolute Gasteiger partial charge is 0.370 e. The number of ether oxygens (including phenoxy) is 1. The first kappa shape index (κ1) is 21.1. The molecule has 0 amide bonds. The second-order valence-electron chi connectivity index (χ2n) is 8.77. The highest BCUT2D eigenvalue weighted by atomic mass is 19.3. The molecule has 1 saturated heterocycles. The van der Waals surface area contributed by atoms with Crippen molar-refractivity contribution in [2.75, 3.05) is 24.6 Å². The van der Waals surface area contributed by atoms with E-state index in [1.54, 1.807) is 6.20 Å². The lowest BCUT2D eigenvalue weighted by molar-refractivity contribution is 0.0220. The third-order valence-corrected chi connectivity index (χ3v) is 6.52. The van der Waals surface area contributed by atoms with Crippen molar-refractivity contribution in [3.8, 4) is 0 Å². The van der Waals surface area contributed by atoms with Crippen LogP contribution in [-0.4, -0.2) is 51.0 Å². The molecule has 7 nitrogen and oxygen atoms in total. The number of halogens is 2. The summed E-state index contributed by atoms with van der Waals surface area (Å²) in [6.07, 6.45) is 0.206. The number of fused-ring (bicyclic) bond motifs is 1. The van der Waals surface area contributed by atoms with Crippen molar-refractivity contribution in [3.63, 3.8) is 0 Å². The van der Waals surface area contributed by atoms with Gasteiger partial charge in [-0.3, -0.25) is 4.98 Å². The van der Waals surface area contributed by atoms with Crippen LogP contribution in [0.15, 0.2) is 18.3 Å². The summed E-state index contributed by atoms with van der Waals surface area (Å²) in [5.41, 5.74) is 5.50. The van der Waals surface area contributed by atoms with E-state index in [4.69, 9.17) is 14.7 Å². The highest BCUT2D eigenvalue weighted by Gasteiger charge is 2.39. The van der Waals surface area contributed by atoms with Gasteiger partial charge in [0.25, 0.3) is 0 Å². The Kier molecular flexibility index (Phi) is 5.44. The number of hydrogen-bond donors (Lipinski definition) is 0. The summed E-state index contributed by atoms with van der Waals surface area (Å²) in [5.74, 6) is -0.0605. The number of nitrogens with zero attached hydrogens (tertiary/aromatic N) is 6. The van der Waals surface area contributed by atoms with Gasteiger partial charge < -0.3 is 9.64 Å². The molecule has 1 saturated carbocycles. The topological polar surface area (TPSA) is 76.9 Å². The highest BCUT2D eigenvalue weighted by molar-refractivity contribution is 5.75. The lowest BCUT2D eigenvalue weighted by Crippen LogP contribution is -2.40. The smallest absolute Gasteiger partial charge is 0.241 e. The Morgan fingerprint density at radius 2 is 1.84 bits per heavy atom. The van der Waals surface area contributed by atoms with Gasteiger partial charge in [0.05, 0.1) is 30.2 Å². The zero-order valence-electron chi connectivity index (χ0n) is 18.4. The summed E-state index contributed by atoms with van der Waals surface area (Å²) in [6.45, 7) is 7.53. The van der Waals surface area contributed by atoms with Crippen LogP contribution in [0.25, 0.3) is 11.2 Å². The second kappa shape index (κ2) is 8.27. The van der Waals surface area contributed by atoms with E-state index in [1.165, 1.54) is 0 Å². The van der Waals surface area contributed by atoms with Gasteiger partial charge in [-0.15, -0.1) is 0 Å². The minimum Gasteiger partial charge on any atom is -0.370 e. The zero-order valence-corrected chi connectivity index (χ0v) is 18.4. The van der Waals surface area contributed by atoms with Crippen LogP contribution in [0.4, 0.5) is 14.7 Å². The maximum atomic E-state index is 13.1. The van der Waals surface area contributed by atoms with Crippen molar-refractivity contribution < 1.29 is 13.5 Å². The van der Waals surface area contributed by atoms with Crippen molar-refractivity contribution >= 4 is 17.1 Å². The predicted molar refractivity (Wildman–Crippen MR) is 116 cm³/mol. The number of aryl methyl sites for hydroxylation is 3. The average molecular weight is 440 g/mol. The Morgan fingerprint density at radius 3 is 2.59 bits per heavy atom. The third-order valence-electron chi connectivity index (χ3n) is 6.52. The maximum absolute atomic E-state index is 13.1. The molecule has 0 N–H and O–H groups in total. The molecule has 5 rings (SSSR count). The second-order valence-corrected chi connectivity index (χ2v) is 8.77. The van der Waals surface area contributed by atoms with Crippen LogP contribution in [-0.2, 0) is 4.74 Å². The maximum Gasteiger partial charge on any atom is 0.241 e. The number of anilines is 1. The minimum atomic E-state index is -2.29. The molecule has 9 heteroatoms. The monoisotopic (exact) mass is 440 g/mol. The van der Waals surface area contributed by atoms with Gasteiger partial charge in [-0.2, -0.15) is 4.98 Å². The molecule has 168 valence electrons. The van der Waals surface area contributed by atoms with Gasteiger partial charge in [-0.05, 0) is 51.3 Å². The van der Waals surface area contributed by atoms with E-state index in [0.29, 0.717) is 49.7 Å². The van der Waals surface area contributed by atoms with Gasteiger partial charge in [0.1, 0.15) is 11.6 Å². The standard InChI is InChI=1S/C23H26F2N6O/c1-12-8-15(4-5-26-12)18-11-31(6-7-32-18)23-29-19(16-9-17(10-16)21(24)25)20-22(30-23)28-14(3)13(2)27-20/h4-5,8,16-18,21H,6-7,9-11H2,1-3H3/t16-,17+,18-/m0/s1. The lowest BCUT2D eigenvalue weighted by atomic mass is 9.73. The summed E-state index contributed by atoms with van der Waals surface area (Å²) < 4.78 is 32.2. The highest BCUT2D eigenvalue weighted by Crippen LogP contribution is 2.45. The predicted octanol–water partition coefficient (Wildman–Crippen LogP) is 4.08. The first-order valence-electron chi connectivity index (χ1n) is 11.0. The normalized spacial score (nSPS) is 23.6. The van der Waals surface area contributed by atoms with Crippen LogP contribution in [0.1, 0.15) is 53.2 Å². The molecule has 3 aromatic heterocycles. The van der Waals surface area contributed by atoms with E-state index < -0.39 is 12.3 Å². The molecule has 0 aromatic carbocycles. The number of pyridine rings is 1. The fourth-order valence-electron chi connectivity index (χ4n) is 4.44. The molecule has 0 spiro atoms. The van der Waals surface area contributed by atoms with Crippen molar-refractivity contribution in [1.29, 1.82) is 0 Å². The van der Waals surface area contributed by atoms with Gasteiger partial charge in [-0.25, -0.2) is 23.7 Å². The Balaban J connectivity index is 1.50. The van der Waals surface area contributed by atoms with E-state index >= 15 is 0 Å². The minimum absolute atomic E-state index is 0.0469. The number of morpholine rings is 1. The molecule has 4 heterocycles. The first-order chi connectivity index (χ1) is 15.4. The number of hydrogen-bond acceptors (Lipinski definition) is 7. The SMILES string of the molecule is Cc1cc([C@@H]2CN(c3nc4nc(C)c(C)nc4c([C@H]4C[C@@H](C(F)F)C4)n3)CCO2)ccn1. The molecule has 0 unspecified atom stereocenters. The fraction of sp³-hybridized carbons (Fsp3) is 0.522. The molecular weight excluding hydrogens is 414 g/mol. The van der Waals surface area contributed by atoms with E-state index in [-0.39, 0.29) is 12.0 Å². The molecule has 0 bridgehead atoms. The fourth-order valence-corrected chi connectivity index (χ4v) is 4.44. The van der Waals surface area contributed by atoms with E-state index in [9.17, 15) is 8.78 Å². The number of rotatable bonds is 4. The Bertz CT molecular complexity index is 1150. The summed E-state index contributed by atoms with van der Waals surface area (Å²) in [5, 5.41) is 0. The van der Waals surface area contributed by atoms with Crippen LogP contribution in [0.2, 0.25) is 0 Å². The molecule has 0 radical (unpaired) electrons. The zero-order chi connectivity index (χ0) is 22.4. The third kappa shape index (κ3) is 3.90. The molecule has 1 aliphatic heterocycles. The summed E-state index contributed by atoms with van der Waals surface area (Å²) >= 11 is 0. The van der Waals surface area contributed by atoms with Crippen molar-refractivity contribution in [3.05, 3.63) is 46.7 Å². The van der Waals surface area contributed by atoms with Gasteiger partial charge in [0.2, 0.25) is 12.4 Å². The van der Waals surface area contributed by atoms with Gasteiger partial charge in [0, 0.05) is 30.3 Å². The lowest BCUT2D eigenvalue weighted by Gasteiger charge is -2.36. The quantitative estimate of drug-likeness (QED) is 0.605. The molecule has 2 fully saturated rings. The van der Waals surface area contributed by atoms with Crippen molar-refractivity contribution in [1.82, 2.24) is 24.9 Å². The molecular formula is C23H26F2N6O. The first-order valence-corrected chi connectivity index (χ1v) is 11.0. The van der Waals surface area contributed by atoms with Crippen LogP contribution in [0, 0.1) is 26.7 Å². The van der Waals surface area contributed by atoms with Crippen LogP contribution in [0.3, 0.4) is 0 Å². The van der Waals surface area contributed by atoms with Crippen molar-refractivity contribution in [2.45, 2.75) is 52.1 Å². The van der Waals surface area contributed by atoms with E-state index in [0.717, 1.165) is 28.3 Å². The Labute approximate surface area is 185 Å². The number of aromatic nitrogens is 5. The van der Waals surface area contributed by atoms with Gasteiger partial charge in [0.15, 0.2) is 5.65 Å². The molecule has 2 aliphatic rings.